The van der Waals surface area contributed by atoms with Gasteiger partial charge in [-0.25, -0.2) is 4.79 Å². The molecule has 96 valence electrons. The van der Waals surface area contributed by atoms with E-state index in [2.05, 4.69) is 6.07 Å². The SMILES string of the molecule is N#Cc1ccc2cc(C(=O)O)n(CC3COC3)c2c1. The highest BCUT2D eigenvalue weighted by Gasteiger charge is 2.23. The lowest BCUT2D eigenvalue weighted by atomic mass is 10.1. The van der Waals surface area contributed by atoms with Crippen LogP contribution in [0.25, 0.3) is 10.9 Å². The van der Waals surface area contributed by atoms with Crippen LogP contribution in [0.5, 0.6) is 0 Å². The summed E-state index contributed by atoms with van der Waals surface area (Å²) in [5.74, 6) is -0.602. The highest BCUT2D eigenvalue weighted by atomic mass is 16.5. The number of hydrogen-bond donors (Lipinski definition) is 1. The van der Waals surface area contributed by atoms with Crippen LogP contribution >= 0.6 is 0 Å². The first kappa shape index (κ1) is 11.8. The second-order valence-electron chi connectivity index (χ2n) is 4.73. The van der Waals surface area contributed by atoms with Crippen molar-refractivity contribution >= 4 is 16.9 Å². The molecular formula is C14H12N2O3. The molecule has 0 amide bonds. The van der Waals surface area contributed by atoms with Gasteiger partial charge in [0.1, 0.15) is 5.69 Å². The zero-order chi connectivity index (χ0) is 13.4. The molecule has 1 saturated heterocycles. The van der Waals surface area contributed by atoms with Gasteiger partial charge in [0, 0.05) is 23.4 Å². The molecule has 5 heteroatoms. The Bertz CT molecular complexity index is 693. The van der Waals surface area contributed by atoms with Gasteiger partial charge in [0.15, 0.2) is 0 Å². The summed E-state index contributed by atoms with van der Waals surface area (Å²) in [6.45, 7) is 1.94. The summed E-state index contributed by atoms with van der Waals surface area (Å²) in [5, 5.41) is 19.1. The van der Waals surface area contributed by atoms with Gasteiger partial charge in [0.05, 0.1) is 24.8 Å². The lowest BCUT2D eigenvalue weighted by Gasteiger charge is -2.27. The summed E-state index contributed by atoms with van der Waals surface area (Å²) in [6, 6.07) is 8.95. The van der Waals surface area contributed by atoms with Gasteiger partial charge in [-0.2, -0.15) is 5.26 Å². The van der Waals surface area contributed by atoms with Crippen LogP contribution in [0.15, 0.2) is 24.3 Å². The predicted molar refractivity (Wildman–Crippen MR) is 67.9 cm³/mol. The van der Waals surface area contributed by atoms with E-state index in [-0.39, 0.29) is 5.69 Å². The fraction of sp³-hybridized carbons (Fsp3) is 0.286. The van der Waals surface area contributed by atoms with Crippen LogP contribution in [-0.2, 0) is 11.3 Å². The molecule has 1 aromatic heterocycles. The maximum atomic E-state index is 11.3. The van der Waals surface area contributed by atoms with Crippen molar-refractivity contribution in [3.63, 3.8) is 0 Å². The Labute approximate surface area is 109 Å². The second-order valence-corrected chi connectivity index (χ2v) is 4.73. The third kappa shape index (κ3) is 1.96. The quantitative estimate of drug-likeness (QED) is 0.909. The minimum absolute atomic E-state index is 0.261. The van der Waals surface area contributed by atoms with Crippen molar-refractivity contribution in [2.24, 2.45) is 5.92 Å². The van der Waals surface area contributed by atoms with Gasteiger partial charge < -0.3 is 14.4 Å². The molecule has 0 bridgehead atoms. The highest BCUT2D eigenvalue weighted by Crippen LogP contribution is 2.24. The van der Waals surface area contributed by atoms with Gasteiger partial charge in [-0.15, -0.1) is 0 Å². The summed E-state index contributed by atoms with van der Waals surface area (Å²) >= 11 is 0. The molecule has 3 rings (SSSR count). The number of nitriles is 1. The standard InChI is InChI=1S/C14H12N2O3/c15-5-9-1-2-11-4-13(14(17)18)16(12(11)3-9)6-10-7-19-8-10/h1-4,10H,6-8H2,(H,17,18). The third-order valence-corrected chi connectivity index (χ3v) is 3.40. The molecule has 5 nitrogen and oxygen atoms in total. The molecule has 1 fully saturated rings. The lowest BCUT2D eigenvalue weighted by Crippen LogP contribution is -2.32. The first-order chi connectivity index (χ1) is 9.19. The molecule has 1 aliphatic heterocycles. The molecule has 19 heavy (non-hydrogen) atoms. The largest absolute Gasteiger partial charge is 0.477 e. The van der Waals surface area contributed by atoms with Crippen LogP contribution in [0.1, 0.15) is 16.1 Å². The van der Waals surface area contributed by atoms with Crippen LogP contribution in [0, 0.1) is 17.2 Å². The van der Waals surface area contributed by atoms with Crippen molar-refractivity contribution < 1.29 is 14.6 Å². The number of carboxylic acid groups (broad SMARTS) is 1. The van der Waals surface area contributed by atoms with Crippen LogP contribution in [0.2, 0.25) is 0 Å². The monoisotopic (exact) mass is 256 g/mol. The van der Waals surface area contributed by atoms with E-state index in [0.29, 0.717) is 31.2 Å². The van der Waals surface area contributed by atoms with Crippen LogP contribution in [0.3, 0.4) is 0 Å². The first-order valence-electron chi connectivity index (χ1n) is 6.03. The minimum atomic E-state index is -0.949. The summed E-state index contributed by atoms with van der Waals surface area (Å²) in [6.07, 6.45) is 0. The van der Waals surface area contributed by atoms with E-state index in [1.54, 1.807) is 28.8 Å². The van der Waals surface area contributed by atoms with Gasteiger partial charge in [0.2, 0.25) is 0 Å². The average molecular weight is 256 g/mol. The van der Waals surface area contributed by atoms with Crippen LogP contribution in [0.4, 0.5) is 0 Å². The summed E-state index contributed by atoms with van der Waals surface area (Å²) < 4.78 is 6.90. The van der Waals surface area contributed by atoms with Crippen molar-refractivity contribution in [1.29, 1.82) is 5.26 Å². The van der Waals surface area contributed by atoms with Gasteiger partial charge in [-0.3, -0.25) is 0 Å². The van der Waals surface area contributed by atoms with E-state index in [1.807, 2.05) is 0 Å². The number of ether oxygens (including phenoxy) is 1. The van der Waals surface area contributed by atoms with E-state index in [9.17, 15) is 9.90 Å². The predicted octanol–water partition coefficient (Wildman–Crippen LogP) is 1.86. The maximum absolute atomic E-state index is 11.3. The molecule has 1 aliphatic rings. The summed E-state index contributed by atoms with van der Waals surface area (Å²) in [7, 11) is 0. The zero-order valence-electron chi connectivity index (χ0n) is 10.2. The normalized spacial score (nSPS) is 15.1. The van der Waals surface area contributed by atoms with E-state index in [0.717, 1.165) is 10.9 Å². The third-order valence-electron chi connectivity index (χ3n) is 3.40. The number of benzene rings is 1. The van der Waals surface area contributed by atoms with Crippen LogP contribution < -0.4 is 0 Å². The van der Waals surface area contributed by atoms with Crippen LogP contribution in [-0.4, -0.2) is 28.9 Å². The summed E-state index contributed by atoms with van der Waals surface area (Å²) in [5.41, 5.74) is 1.59. The number of aromatic carboxylic acids is 1. The molecule has 2 heterocycles. The molecule has 1 aromatic carbocycles. The van der Waals surface area contributed by atoms with Crippen molar-refractivity contribution in [1.82, 2.24) is 4.57 Å². The smallest absolute Gasteiger partial charge is 0.352 e. The molecule has 0 spiro atoms. The average Bonchev–Trinajstić information content (AvgIpc) is 2.71. The molecule has 0 atom stereocenters. The van der Waals surface area contributed by atoms with Gasteiger partial charge >= 0.3 is 5.97 Å². The van der Waals surface area contributed by atoms with Crippen molar-refractivity contribution in [2.75, 3.05) is 13.2 Å². The molecule has 1 N–H and O–H groups in total. The lowest BCUT2D eigenvalue weighted by molar-refractivity contribution is -0.0391. The number of rotatable bonds is 3. The fourth-order valence-corrected chi connectivity index (χ4v) is 2.35. The molecule has 0 saturated carbocycles. The fourth-order valence-electron chi connectivity index (χ4n) is 2.35. The Morgan fingerprint density at radius 1 is 1.47 bits per heavy atom. The molecular weight excluding hydrogens is 244 g/mol. The van der Waals surface area contributed by atoms with E-state index in [4.69, 9.17) is 10.00 Å². The van der Waals surface area contributed by atoms with E-state index in [1.165, 1.54) is 0 Å². The van der Waals surface area contributed by atoms with Crippen molar-refractivity contribution in [2.45, 2.75) is 6.54 Å². The number of nitrogens with zero attached hydrogens (tertiary/aromatic N) is 2. The molecule has 0 aliphatic carbocycles. The number of aromatic nitrogens is 1. The van der Waals surface area contributed by atoms with E-state index < -0.39 is 5.97 Å². The maximum Gasteiger partial charge on any atom is 0.352 e. The molecule has 0 unspecified atom stereocenters. The Morgan fingerprint density at radius 3 is 2.84 bits per heavy atom. The van der Waals surface area contributed by atoms with Crippen molar-refractivity contribution in [3.05, 3.63) is 35.5 Å². The van der Waals surface area contributed by atoms with E-state index >= 15 is 0 Å². The number of carboxylic acids is 1. The number of fused-ring (bicyclic) bond motifs is 1. The Kier molecular flexibility index (Phi) is 2.73. The first-order valence-corrected chi connectivity index (χ1v) is 6.03. The Morgan fingerprint density at radius 2 is 2.26 bits per heavy atom. The van der Waals surface area contributed by atoms with Gasteiger partial charge in [-0.1, -0.05) is 6.07 Å². The van der Waals surface area contributed by atoms with Gasteiger partial charge in [0.25, 0.3) is 0 Å². The molecule has 0 radical (unpaired) electrons. The Balaban J connectivity index is 2.14. The Hall–Kier alpha value is -2.32. The molecule has 2 aromatic rings. The number of hydrogen-bond acceptors (Lipinski definition) is 3. The van der Waals surface area contributed by atoms with Crippen molar-refractivity contribution in [3.8, 4) is 6.07 Å². The zero-order valence-corrected chi connectivity index (χ0v) is 10.2. The topological polar surface area (TPSA) is 75.3 Å². The summed E-state index contributed by atoms with van der Waals surface area (Å²) in [4.78, 5) is 11.3. The van der Waals surface area contributed by atoms with Gasteiger partial charge in [-0.05, 0) is 18.2 Å². The number of carbonyl (C=O) groups is 1. The highest BCUT2D eigenvalue weighted by molar-refractivity contribution is 5.95. The second kappa shape index (κ2) is 4.41. The minimum Gasteiger partial charge on any atom is -0.477 e.